The lowest BCUT2D eigenvalue weighted by molar-refractivity contribution is -0.0503. The van der Waals surface area contributed by atoms with E-state index < -0.39 is 6.61 Å². The highest BCUT2D eigenvalue weighted by atomic mass is 32.2. The monoisotopic (exact) mass is 424 g/mol. The molecule has 0 aliphatic rings. The predicted molar refractivity (Wildman–Crippen MR) is 112 cm³/mol. The fraction of sp³-hybridized carbons (Fsp3) is 0.136. The summed E-state index contributed by atoms with van der Waals surface area (Å²) in [7, 11) is 0. The Morgan fingerprint density at radius 2 is 1.80 bits per heavy atom. The van der Waals surface area contributed by atoms with Crippen LogP contribution in [0.2, 0.25) is 0 Å². The fourth-order valence-electron chi connectivity index (χ4n) is 3.05. The Labute approximate surface area is 176 Å². The molecule has 0 atom stereocenters. The van der Waals surface area contributed by atoms with Gasteiger partial charge in [0.25, 0.3) is 0 Å². The van der Waals surface area contributed by atoms with Crippen molar-refractivity contribution in [1.29, 1.82) is 0 Å². The van der Waals surface area contributed by atoms with E-state index in [2.05, 4.69) is 19.9 Å². The fourth-order valence-corrected chi connectivity index (χ4v) is 3.99. The van der Waals surface area contributed by atoms with Crippen molar-refractivity contribution >= 4 is 11.8 Å². The van der Waals surface area contributed by atoms with Crippen molar-refractivity contribution in [3.05, 3.63) is 84.2 Å². The number of ether oxygens (including phenoxy) is 1. The summed E-state index contributed by atoms with van der Waals surface area (Å²) in [5, 5.41) is 9.41. The Morgan fingerprint density at radius 1 is 1.00 bits per heavy atom. The molecule has 8 heteroatoms. The van der Waals surface area contributed by atoms with E-state index in [4.69, 9.17) is 0 Å². The van der Waals surface area contributed by atoms with E-state index in [1.165, 1.54) is 17.8 Å². The van der Waals surface area contributed by atoms with Crippen LogP contribution in [0, 0.1) is 6.92 Å². The molecule has 0 saturated carbocycles. The number of nitrogens with zero attached hydrogens (tertiary/aromatic N) is 4. The number of hydrogen-bond donors (Lipinski definition) is 0. The third kappa shape index (κ3) is 4.33. The maximum absolute atomic E-state index is 12.7. The number of rotatable bonds is 7. The number of benzene rings is 2. The molecular formula is C22H18F2N4OS. The van der Waals surface area contributed by atoms with Crippen LogP contribution in [0.15, 0.2) is 78.2 Å². The van der Waals surface area contributed by atoms with E-state index in [1.54, 1.807) is 30.6 Å². The molecule has 0 fully saturated rings. The minimum absolute atomic E-state index is 0.162. The number of aryl methyl sites for hydroxylation is 1. The molecule has 4 aromatic rings. The van der Waals surface area contributed by atoms with Crippen LogP contribution in [-0.4, -0.2) is 26.4 Å². The summed E-state index contributed by atoms with van der Waals surface area (Å²) >= 11 is 1.40. The molecule has 30 heavy (non-hydrogen) atoms. The summed E-state index contributed by atoms with van der Waals surface area (Å²) in [4.78, 5) is 4.18. The number of pyridine rings is 1. The highest BCUT2D eigenvalue weighted by Crippen LogP contribution is 2.33. The van der Waals surface area contributed by atoms with Crippen LogP contribution in [0.25, 0.3) is 17.1 Å². The van der Waals surface area contributed by atoms with E-state index >= 15 is 0 Å². The van der Waals surface area contributed by atoms with Gasteiger partial charge < -0.3 is 4.74 Å². The molecule has 0 unspecified atom stereocenters. The van der Waals surface area contributed by atoms with Crippen molar-refractivity contribution in [2.75, 3.05) is 0 Å². The number of thioether (sulfide) groups is 1. The van der Waals surface area contributed by atoms with Gasteiger partial charge in [0, 0.05) is 29.3 Å². The van der Waals surface area contributed by atoms with Gasteiger partial charge in [-0.3, -0.25) is 9.55 Å². The Bertz CT molecular complexity index is 1130. The molecule has 5 nitrogen and oxygen atoms in total. The Hall–Kier alpha value is -3.26. The van der Waals surface area contributed by atoms with E-state index in [0.717, 1.165) is 16.8 Å². The molecule has 0 spiro atoms. The summed E-state index contributed by atoms with van der Waals surface area (Å²) in [6.45, 7) is -0.855. The van der Waals surface area contributed by atoms with Crippen LogP contribution in [0.5, 0.6) is 5.75 Å². The van der Waals surface area contributed by atoms with E-state index in [1.807, 2.05) is 47.9 Å². The molecule has 0 saturated heterocycles. The van der Waals surface area contributed by atoms with Crippen LogP contribution in [-0.2, 0) is 5.75 Å². The molecule has 2 heterocycles. The lowest BCUT2D eigenvalue weighted by atomic mass is 10.2. The summed E-state index contributed by atoms with van der Waals surface area (Å²) in [6, 6.07) is 18.5. The zero-order valence-electron chi connectivity index (χ0n) is 16.1. The molecule has 0 aliphatic heterocycles. The van der Waals surface area contributed by atoms with Crippen LogP contribution >= 0.6 is 11.8 Å². The zero-order valence-corrected chi connectivity index (χ0v) is 16.9. The van der Waals surface area contributed by atoms with Crippen LogP contribution in [0.3, 0.4) is 0 Å². The Kier molecular flexibility index (Phi) is 6.04. The largest absolute Gasteiger partial charge is 0.435 e. The van der Waals surface area contributed by atoms with E-state index in [9.17, 15) is 8.78 Å². The first-order valence-corrected chi connectivity index (χ1v) is 10.2. The summed E-state index contributed by atoms with van der Waals surface area (Å²) in [6.07, 6.45) is 3.44. The standard InChI is InChI=1S/C22H18F2N4OS/c1-15-7-2-4-10-18(15)28-20(16-9-6-12-25-13-16)26-27-22(28)30-14-17-8-3-5-11-19(17)29-21(23)24/h2-13,21H,14H2,1H3. The van der Waals surface area contributed by atoms with Gasteiger partial charge in [-0.1, -0.05) is 48.2 Å². The summed E-state index contributed by atoms with van der Waals surface area (Å²) in [5.41, 5.74) is 3.50. The number of aromatic nitrogens is 4. The topological polar surface area (TPSA) is 52.8 Å². The Balaban J connectivity index is 1.71. The molecule has 0 N–H and O–H groups in total. The first-order valence-electron chi connectivity index (χ1n) is 9.21. The van der Waals surface area contributed by atoms with Crippen molar-refractivity contribution in [2.24, 2.45) is 0 Å². The van der Waals surface area contributed by atoms with Crippen molar-refractivity contribution in [3.63, 3.8) is 0 Å². The maximum Gasteiger partial charge on any atom is 0.387 e. The van der Waals surface area contributed by atoms with Crippen molar-refractivity contribution in [2.45, 2.75) is 24.4 Å². The average molecular weight is 424 g/mol. The molecule has 0 radical (unpaired) electrons. The van der Waals surface area contributed by atoms with Crippen LogP contribution < -0.4 is 4.74 Å². The number of halogens is 2. The molecule has 4 rings (SSSR count). The third-order valence-electron chi connectivity index (χ3n) is 4.45. The van der Waals surface area contributed by atoms with Gasteiger partial charge in [-0.2, -0.15) is 8.78 Å². The highest BCUT2D eigenvalue weighted by Gasteiger charge is 2.18. The van der Waals surface area contributed by atoms with Gasteiger partial charge >= 0.3 is 6.61 Å². The second-order valence-corrected chi connectivity index (χ2v) is 7.39. The molecule has 2 aromatic heterocycles. The lowest BCUT2D eigenvalue weighted by Gasteiger charge is -2.13. The first kappa shape index (κ1) is 20.0. The van der Waals surface area contributed by atoms with Gasteiger partial charge in [0.15, 0.2) is 11.0 Å². The van der Waals surface area contributed by atoms with Gasteiger partial charge in [0.05, 0.1) is 5.69 Å². The molecule has 152 valence electrons. The second-order valence-electron chi connectivity index (χ2n) is 6.44. The summed E-state index contributed by atoms with van der Waals surface area (Å²) in [5.74, 6) is 1.23. The lowest BCUT2D eigenvalue weighted by Crippen LogP contribution is -2.04. The quantitative estimate of drug-likeness (QED) is 0.365. The van der Waals surface area contributed by atoms with Crippen LogP contribution in [0.4, 0.5) is 8.78 Å². The smallest absolute Gasteiger partial charge is 0.387 e. The van der Waals surface area contributed by atoms with Crippen molar-refractivity contribution in [3.8, 4) is 22.8 Å². The number of alkyl halides is 2. The molecule has 0 aliphatic carbocycles. The van der Waals surface area contributed by atoms with Gasteiger partial charge in [0.2, 0.25) is 0 Å². The van der Waals surface area contributed by atoms with Crippen molar-refractivity contribution in [1.82, 2.24) is 19.7 Å². The third-order valence-corrected chi connectivity index (χ3v) is 5.43. The van der Waals surface area contributed by atoms with Crippen molar-refractivity contribution < 1.29 is 13.5 Å². The van der Waals surface area contributed by atoms with Crippen LogP contribution in [0.1, 0.15) is 11.1 Å². The molecule has 0 bridgehead atoms. The molecule has 0 amide bonds. The predicted octanol–water partition coefficient (Wildman–Crippen LogP) is 5.53. The Morgan fingerprint density at radius 3 is 2.57 bits per heavy atom. The van der Waals surface area contributed by atoms with Gasteiger partial charge in [-0.15, -0.1) is 10.2 Å². The maximum atomic E-state index is 12.7. The second kappa shape index (κ2) is 9.04. The summed E-state index contributed by atoms with van der Waals surface area (Å²) < 4.78 is 32.1. The van der Waals surface area contributed by atoms with Gasteiger partial charge in [-0.25, -0.2) is 0 Å². The average Bonchev–Trinajstić information content (AvgIpc) is 3.17. The molecule has 2 aromatic carbocycles. The normalized spacial score (nSPS) is 11.1. The van der Waals surface area contributed by atoms with E-state index in [0.29, 0.717) is 22.3 Å². The number of para-hydroxylation sites is 2. The number of hydrogen-bond acceptors (Lipinski definition) is 5. The SMILES string of the molecule is Cc1ccccc1-n1c(SCc2ccccc2OC(F)F)nnc1-c1cccnc1. The van der Waals surface area contributed by atoms with Gasteiger partial charge in [0.1, 0.15) is 5.75 Å². The van der Waals surface area contributed by atoms with Gasteiger partial charge in [-0.05, 0) is 36.8 Å². The first-order chi connectivity index (χ1) is 14.6. The highest BCUT2D eigenvalue weighted by molar-refractivity contribution is 7.98. The van der Waals surface area contributed by atoms with E-state index in [-0.39, 0.29) is 5.75 Å². The minimum Gasteiger partial charge on any atom is -0.435 e. The zero-order chi connectivity index (χ0) is 20.9. The molecular weight excluding hydrogens is 406 g/mol. The minimum atomic E-state index is -2.87.